The standard InChI is InChI=1S/C52H35NS/c1-4-17-36(18-5-1)40-33-34-47(45(35-40)38-21-8-3-9-22-38)53(48-30-16-32-50-52(48)44-26-11-13-31-49(44)54-50)46-29-12-10-25-42(46)43-28-15-24-39-23-14-27-41(51(39)43)37-19-6-2-7-20-37/h1-35H. The van der Waals surface area contributed by atoms with Gasteiger partial charge in [0.05, 0.1) is 17.1 Å². The van der Waals surface area contributed by atoms with E-state index in [1.54, 1.807) is 0 Å². The molecule has 0 saturated heterocycles. The summed E-state index contributed by atoms with van der Waals surface area (Å²) in [5.74, 6) is 0. The molecule has 0 aliphatic heterocycles. The van der Waals surface area contributed by atoms with Gasteiger partial charge in [-0.05, 0) is 80.6 Å². The summed E-state index contributed by atoms with van der Waals surface area (Å²) in [5.41, 5.74) is 13.0. The molecule has 254 valence electrons. The van der Waals surface area contributed by atoms with Gasteiger partial charge in [-0.1, -0.05) is 176 Å². The van der Waals surface area contributed by atoms with Crippen molar-refractivity contribution in [3.63, 3.8) is 0 Å². The first-order chi connectivity index (χ1) is 26.8. The SMILES string of the molecule is c1ccc(-c2ccc(N(c3ccccc3-c3cccc4cccc(-c5ccccc5)c34)c3cccc4sc5ccccc5c34)c(-c3ccccc3)c2)cc1. The van der Waals surface area contributed by atoms with Crippen LogP contribution in [0.3, 0.4) is 0 Å². The highest BCUT2D eigenvalue weighted by atomic mass is 32.1. The van der Waals surface area contributed by atoms with Crippen LogP contribution in [0.2, 0.25) is 0 Å². The molecule has 10 rings (SSSR count). The molecule has 0 fully saturated rings. The summed E-state index contributed by atoms with van der Waals surface area (Å²) in [5, 5.41) is 5.01. The number of nitrogens with zero attached hydrogens (tertiary/aromatic N) is 1. The Morgan fingerprint density at radius 2 is 0.833 bits per heavy atom. The first kappa shape index (κ1) is 32.0. The molecular formula is C52H35NS. The van der Waals surface area contributed by atoms with Crippen LogP contribution < -0.4 is 4.90 Å². The third-order valence-electron chi connectivity index (χ3n) is 10.5. The van der Waals surface area contributed by atoms with Crippen LogP contribution in [0.15, 0.2) is 212 Å². The molecule has 54 heavy (non-hydrogen) atoms. The molecule has 0 N–H and O–H groups in total. The van der Waals surface area contributed by atoms with E-state index in [0.29, 0.717) is 0 Å². The van der Waals surface area contributed by atoms with Crippen molar-refractivity contribution in [3.8, 4) is 44.5 Å². The molecule has 0 unspecified atom stereocenters. The molecule has 0 atom stereocenters. The third-order valence-corrected chi connectivity index (χ3v) is 11.6. The number of para-hydroxylation sites is 1. The average Bonchev–Trinajstić information content (AvgIpc) is 3.64. The lowest BCUT2D eigenvalue weighted by Crippen LogP contribution is -2.13. The number of thiophene rings is 1. The fourth-order valence-electron chi connectivity index (χ4n) is 8.04. The van der Waals surface area contributed by atoms with Gasteiger partial charge in [-0.15, -0.1) is 11.3 Å². The lowest BCUT2D eigenvalue weighted by atomic mass is 9.90. The maximum Gasteiger partial charge on any atom is 0.0555 e. The van der Waals surface area contributed by atoms with Crippen molar-refractivity contribution in [2.75, 3.05) is 4.90 Å². The fourth-order valence-corrected chi connectivity index (χ4v) is 9.17. The molecule has 2 heteroatoms. The van der Waals surface area contributed by atoms with E-state index in [4.69, 9.17) is 0 Å². The van der Waals surface area contributed by atoms with Gasteiger partial charge in [-0.25, -0.2) is 0 Å². The second-order valence-corrected chi connectivity index (χ2v) is 14.7. The number of fused-ring (bicyclic) bond motifs is 4. The van der Waals surface area contributed by atoms with Gasteiger partial charge >= 0.3 is 0 Å². The summed E-state index contributed by atoms with van der Waals surface area (Å²) in [6.07, 6.45) is 0. The Hall–Kier alpha value is -6.74. The van der Waals surface area contributed by atoms with Crippen LogP contribution >= 0.6 is 11.3 Å². The summed E-state index contributed by atoms with van der Waals surface area (Å²) in [6, 6.07) is 77.3. The van der Waals surface area contributed by atoms with Crippen LogP contribution in [0.4, 0.5) is 17.1 Å². The monoisotopic (exact) mass is 705 g/mol. The quantitative estimate of drug-likeness (QED) is 0.160. The summed E-state index contributed by atoms with van der Waals surface area (Å²) in [7, 11) is 0. The van der Waals surface area contributed by atoms with E-state index in [-0.39, 0.29) is 0 Å². The van der Waals surface area contributed by atoms with E-state index in [2.05, 4.69) is 217 Å². The van der Waals surface area contributed by atoms with Crippen LogP contribution in [0.25, 0.3) is 75.5 Å². The molecule has 1 aromatic heterocycles. The zero-order valence-corrected chi connectivity index (χ0v) is 30.4. The van der Waals surface area contributed by atoms with Crippen LogP contribution in [-0.2, 0) is 0 Å². The molecular weight excluding hydrogens is 671 g/mol. The first-order valence-electron chi connectivity index (χ1n) is 18.4. The number of hydrogen-bond donors (Lipinski definition) is 0. The summed E-state index contributed by atoms with van der Waals surface area (Å²) >= 11 is 1.86. The van der Waals surface area contributed by atoms with Crippen molar-refractivity contribution in [1.29, 1.82) is 0 Å². The lowest BCUT2D eigenvalue weighted by Gasteiger charge is -2.31. The van der Waals surface area contributed by atoms with Crippen molar-refractivity contribution in [2.45, 2.75) is 0 Å². The lowest BCUT2D eigenvalue weighted by molar-refractivity contribution is 1.30. The number of benzene rings is 9. The molecule has 0 aliphatic rings. The van der Waals surface area contributed by atoms with E-state index < -0.39 is 0 Å². The number of rotatable bonds is 7. The predicted molar refractivity (Wildman–Crippen MR) is 233 cm³/mol. The predicted octanol–water partition coefficient (Wildman–Crippen LogP) is 15.3. The van der Waals surface area contributed by atoms with Gasteiger partial charge in [0.15, 0.2) is 0 Å². The van der Waals surface area contributed by atoms with Crippen molar-refractivity contribution in [2.24, 2.45) is 0 Å². The van der Waals surface area contributed by atoms with Crippen LogP contribution in [-0.4, -0.2) is 0 Å². The molecule has 10 aromatic rings. The second-order valence-electron chi connectivity index (χ2n) is 13.6. The summed E-state index contributed by atoms with van der Waals surface area (Å²) in [4.78, 5) is 2.53. The highest BCUT2D eigenvalue weighted by Gasteiger charge is 2.25. The van der Waals surface area contributed by atoms with Crippen LogP contribution in [0.1, 0.15) is 0 Å². The third kappa shape index (κ3) is 5.56. The Balaban J connectivity index is 1.31. The molecule has 0 saturated carbocycles. The summed E-state index contributed by atoms with van der Waals surface area (Å²) < 4.78 is 2.56. The number of anilines is 3. The van der Waals surface area contributed by atoms with E-state index in [0.717, 1.165) is 17.1 Å². The van der Waals surface area contributed by atoms with Gasteiger partial charge in [-0.3, -0.25) is 0 Å². The molecule has 0 amide bonds. The second kappa shape index (κ2) is 13.7. The van der Waals surface area contributed by atoms with E-state index in [9.17, 15) is 0 Å². The first-order valence-corrected chi connectivity index (χ1v) is 19.3. The minimum Gasteiger partial charge on any atom is -0.309 e. The molecule has 0 radical (unpaired) electrons. The van der Waals surface area contributed by atoms with Crippen molar-refractivity contribution >= 4 is 59.3 Å². The Morgan fingerprint density at radius 1 is 0.296 bits per heavy atom. The van der Waals surface area contributed by atoms with Gasteiger partial charge in [0.25, 0.3) is 0 Å². The van der Waals surface area contributed by atoms with Gasteiger partial charge in [0.1, 0.15) is 0 Å². The molecule has 1 nitrogen and oxygen atoms in total. The number of hydrogen-bond acceptors (Lipinski definition) is 2. The Morgan fingerprint density at radius 3 is 1.59 bits per heavy atom. The molecule has 9 aromatic carbocycles. The Kier molecular flexibility index (Phi) is 8.09. The topological polar surface area (TPSA) is 3.24 Å². The van der Waals surface area contributed by atoms with E-state index in [1.807, 2.05) is 11.3 Å². The van der Waals surface area contributed by atoms with Crippen molar-refractivity contribution < 1.29 is 0 Å². The average molecular weight is 706 g/mol. The Bertz CT molecular complexity index is 2920. The molecule has 1 heterocycles. The maximum absolute atomic E-state index is 2.53. The smallest absolute Gasteiger partial charge is 0.0555 e. The molecule has 0 bridgehead atoms. The van der Waals surface area contributed by atoms with Gasteiger partial charge in [0.2, 0.25) is 0 Å². The minimum atomic E-state index is 1.12. The molecule has 0 aliphatic carbocycles. The maximum atomic E-state index is 2.53. The van der Waals surface area contributed by atoms with E-state index >= 15 is 0 Å². The fraction of sp³-hybridized carbons (Fsp3) is 0. The van der Waals surface area contributed by atoms with Crippen LogP contribution in [0.5, 0.6) is 0 Å². The summed E-state index contributed by atoms with van der Waals surface area (Å²) in [6.45, 7) is 0. The molecule has 0 spiro atoms. The Labute approximate surface area is 319 Å². The zero-order valence-electron chi connectivity index (χ0n) is 29.6. The van der Waals surface area contributed by atoms with Crippen molar-refractivity contribution in [3.05, 3.63) is 212 Å². The largest absolute Gasteiger partial charge is 0.309 e. The van der Waals surface area contributed by atoms with Gasteiger partial charge in [-0.2, -0.15) is 0 Å². The van der Waals surface area contributed by atoms with Gasteiger partial charge < -0.3 is 4.90 Å². The normalized spacial score (nSPS) is 11.3. The minimum absolute atomic E-state index is 1.12. The zero-order chi connectivity index (χ0) is 35.8. The highest BCUT2D eigenvalue weighted by molar-refractivity contribution is 7.26. The van der Waals surface area contributed by atoms with E-state index in [1.165, 1.54) is 75.5 Å². The van der Waals surface area contributed by atoms with Crippen molar-refractivity contribution in [1.82, 2.24) is 0 Å². The van der Waals surface area contributed by atoms with Crippen LogP contribution in [0, 0.1) is 0 Å². The highest BCUT2D eigenvalue weighted by Crippen LogP contribution is 2.51. The van der Waals surface area contributed by atoms with Gasteiger partial charge in [0, 0.05) is 31.3 Å².